The fraction of sp³-hybridized carbons (Fsp3) is 0.387. The molecule has 1 saturated heterocycles. The molecule has 230 valence electrons. The molecule has 4 rings (SSSR count). The summed E-state index contributed by atoms with van der Waals surface area (Å²) in [4.78, 5) is 32.8. The lowest BCUT2D eigenvalue weighted by Crippen LogP contribution is -2.56. The Labute approximate surface area is 245 Å². The first-order valence-electron chi connectivity index (χ1n) is 13.8. The van der Waals surface area contributed by atoms with E-state index in [0.717, 1.165) is 16.7 Å². The van der Waals surface area contributed by atoms with Crippen LogP contribution in [0.25, 0.3) is 0 Å². The van der Waals surface area contributed by atoms with Crippen LogP contribution in [0.15, 0.2) is 60.9 Å². The highest BCUT2D eigenvalue weighted by atomic mass is 19.4. The Morgan fingerprint density at radius 1 is 0.907 bits per heavy atom. The van der Waals surface area contributed by atoms with Gasteiger partial charge in [-0.05, 0) is 67.3 Å². The molecule has 0 bridgehead atoms. The number of carbonyl (C=O) groups is 2. The zero-order valence-electron chi connectivity index (χ0n) is 23.6. The average Bonchev–Trinajstić information content (AvgIpc) is 2.97. The Morgan fingerprint density at radius 2 is 1.56 bits per heavy atom. The van der Waals surface area contributed by atoms with Crippen molar-refractivity contribution in [3.8, 4) is 0 Å². The number of alkyl halides is 6. The number of hydrogen-bond donors (Lipinski definition) is 2. The third kappa shape index (κ3) is 8.20. The van der Waals surface area contributed by atoms with Gasteiger partial charge in [0.15, 0.2) is 5.78 Å². The number of carbonyl (C=O) groups excluding carboxylic acids is 2. The number of benzene rings is 2. The molecule has 2 heterocycles. The van der Waals surface area contributed by atoms with Gasteiger partial charge in [-0.25, -0.2) is 0 Å². The summed E-state index contributed by atoms with van der Waals surface area (Å²) in [7, 11) is 0. The predicted molar refractivity (Wildman–Crippen MR) is 149 cm³/mol. The van der Waals surface area contributed by atoms with Crippen molar-refractivity contribution in [3.63, 3.8) is 0 Å². The molecule has 2 N–H and O–H groups in total. The standard InChI is InChI=1S/C31H32F6N4O2/c1-19-5-6-21(12-20(19)2)13-24(18-40-29(43)22-4-3-7-39-17-22)27(41-10-8-38-9-11-41)28(42)23-14-25(30(32,33)34)16-26(15-23)31(35,36)37/h3-7,12,14-17,24,27,38H,8-11,13,18H2,1-2H3,(H,40,43). The normalized spacial score (nSPS) is 16.0. The maximum atomic E-state index is 14.2. The Kier molecular flexibility index (Phi) is 9.91. The Bertz CT molecular complexity index is 1400. The lowest BCUT2D eigenvalue weighted by Gasteiger charge is -2.39. The largest absolute Gasteiger partial charge is 0.416 e. The summed E-state index contributed by atoms with van der Waals surface area (Å²) in [6.45, 7) is 5.40. The zero-order valence-corrected chi connectivity index (χ0v) is 23.6. The minimum Gasteiger partial charge on any atom is -0.352 e. The van der Waals surface area contributed by atoms with Crippen LogP contribution in [0, 0.1) is 19.8 Å². The molecule has 0 aliphatic carbocycles. The molecule has 2 atom stereocenters. The van der Waals surface area contributed by atoms with Gasteiger partial charge in [0.25, 0.3) is 5.91 Å². The molecule has 1 aliphatic rings. The van der Waals surface area contributed by atoms with Gasteiger partial charge < -0.3 is 10.6 Å². The van der Waals surface area contributed by atoms with E-state index in [0.29, 0.717) is 38.3 Å². The van der Waals surface area contributed by atoms with Gasteiger partial charge in [0.2, 0.25) is 0 Å². The van der Waals surface area contributed by atoms with Gasteiger partial charge in [-0.15, -0.1) is 0 Å². The highest BCUT2D eigenvalue weighted by molar-refractivity contribution is 6.01. The van der Waals surface area contributed by atoms with Crippen molar-refractivity contribution in [2.75, 3.05) is 32.7 Å². The van der Waals surface area contributed by atoms with Crippen LogP contribution in [0.4, 0.5) is 26.3 Å². The molecule has 3 aromatic rings. The number of piperazine rings is 1. The van der Waals surface area contributed by atoms with Gasteiger partial charge in [-0.3, -0.25) is 19.5 Å². The summed E-state index contributed by atoms with van der Waals surface area (Å²) >= 11 is 0. The van der Waals surface area contributed by atoms with Gasteiger partial charge in [0.05, 0.1) is 22.7 Å². The van der Waals surface area contributed by atoms with Gasteiger partial charge in [0.1, 0.15) is 0 Å². The second-order valence-corrected chi connectivity index (χ2v) is 10.7. The monoisotopic (exact) mass is 606 g/mol. The van der Waals surface area contributed by atoms with Gasteiger partial charge in [-0.1, -0.05) is 18.2 Å². The van der Waals surface area contributed by atoms with Crippen LogP contribution < -0.4 is 10.6 Å². The Balaban J connectivity index is 1.78. The van der Waals surface area contributed by atoms with Crippen molar-refractivity contribution >= 4 is 11.7 Å². The summed E-state index contributed by atoms with van der Waals surface area (Å²) in [5.74, 6) is -2.04. The molecular formula is C31H32F6N4O2. The van der Waals surface area contributed by atoms with Crippen LogP contribution in [0.2, 0.25) is 0 Å². The molecule has 1 aliphatic heterocycles. The Morgan fingerprint density at radius 3 is 2.12 bits per heavy atom. The van der Waals surface area contributed by atoms with Gasteiger partial charge in [0, 0.05) is 56.6 Å². The SMILES string of the molecule is Cc1ccc(CC(CNC(=O)c2cccnc2)C(C(=O)c2cc(C(F)(F)F)cc(C(F)(F)F)c2)N2CCNCC2)cc1C. The number of ketones is 1. The number of nitrogens with zero attached hydrogens (tertiary/aromatic N) is 2. The van der Waals surface area contributed by atoms with E-state index in [1.807, 2.05) is 32.0 Å². The fourth-order valence-corrected chi connectivity index (χ4v) is 5.26. The number of Topliss-reactive ketones (excluding diaryl/α,β-unsaturated/α-hetero) is 1. The highest BCUT2D eigenvalue weighted by Crippen LogP contribution is 2.37. The maximum Gasteiger partial charge on any atom is 0.416 e. The first kappa shape index (κ1) is 32.2. The van der Waals surface area contributed by atoms with Crippen molar-refractivity contribution < 1.29 is 35.9 Å². The lowest BCUT2D eigenvalue weighted by molar-refractivity contribution is -0.143. The highest BCUT2D eigenvalue weighted by Gasteiger charge is 2.40. The van der Waals surface area contributed by atoms with E-state index in [4.69, 9.17) is 0 Å². The molecule has 1 fully saturated rings. The number of rotatable bonds is 9. The molecule has 0 saturated carbocycles. The van der Waals surface area contributed by atoms with Crippen molar-refractivity contribution in [1.29, 1.82) is 0 Å². The predicted octanol–water partition coefficient (Wildman–Crippen LogP) is 5.48. The summed E-state index contributed by atoms with van der Waals surface area (Å²) in [5.41, 5.74) is -0.700. The Hall–Kier alpha value is -3.77. The van der Waals surface area contributed by atoms with Crippen LogP contribution in [-0.4, -0.2) is 60.3 Å². The minimum absolute atomic E-state index is 0.0112. The van der Waals surface area contributed by atoms with E-state index in [1.165, 1.54) is 12.4 Å². The molecule has 6 nitrogen and oxygen atoms in total. The van der Waals surface area contributed by atoms with Crippen molar-refractivity contribution in [3.05, 3.63) is 99.9 Å². The summed E-state index contributed by atoms with van der Waals surface area (Å²) < 4.78 is 82.2. The number of amides is 1. The van der Waals surface area contributed by atoms with Gasteiger partial charge in [-0.2, -0.15) is 26.3 Å². The smallest absolute Gasteiger partial charge is 0.352 e. The summed E-state index contributed by atoms with van der Waals surface area (Å²) in [5, 5.41) is 5.96. The molecule has 43 heavy (non-hydrogen) atoms. The van der Waals surface area contributed by atoms with Crippen molar-refractivity contribution in [2.24, 2.45) is 5.92 Å². The zero-order chi connectivity index (χ0) is 31.4. The minimum atomic E-state index is -5.10. The summed E-state index contributed by atoms with van der Waals surface area (Å²) in [6, 6.07) is 8.68. The van der Waals surface area contributed by atoms with Crippen LogP contribution >= 0.6 is 0 Å². The molecule has 2 unspecified atom stereocenters. The van der Waals surface area contributed by atoms with E-state index in [-0.39, 0.29) is 24.6 Å². The number of nitrogens with one attached hydrogen (secondary N) is 2. The molecule has 0 spiro atoms. The van der Waals surface area contributed by atoms with E-state index in [2.05, 4.69) is 15.6 Å². The lowest BCUT2D eigenvalue weighted by atomic mass is 9.84. The fourth-order valence-electron chi connectivity index (χ4n) is 5.26. The topological polar surface area (TPSA) is 74.3 Å². The van der Waals surface area contributed by atoms with E-state index < -0.39 is 52.7 Å². The third-order valence-electron chi connectivity index (χ3n) is 7.65. The van der Waals surface area contributed by atoms with Crippen LogP contribution in [0.5, 0.6) is 0 Å². The molecule has 0 radical (unpaired) electrons. The number of aromatic nitrogens is 1. The van der Waals surface area contributed by atoms with Crippen molar-refractivity contribution in [1.82, 2.24) is 20.5 Å². The molecular weight excluding hydrogens is 574 g/mol. The number of pyridine rings is 1. The molecule has 2 aromatic carbocycles. The molecule has 1 amide bonds. The van der Waals surface area contributed by atoms with Crippen LogP contribution in [0.3, 0.4) is 0 Å². The van der Waals surface area contributed by atoms with Crippen LogP contribution in [-0.2, 0) is 18.8 Å². The molecule has 12 heteroatoms. The second kappa shape index (κ2) is 13.3. The number of hydrogen-bond acceptors (Lipinski definition) is 5. The first-order chi connectivity index (χ1) is 20.2. The van der Waals surface area contributed by atoms with Gasteiger partial charge >= 0.3 is 12.4 Å². The number of aryl methyl sites for hydroxylation is 2. The average molecular weight is 607 g/mol. The molecule has 1 aromatic heterocycles. The second-order valence-electron chi connectivity index (χ2n) is 10.7. The summed E-state index contributed by atoms with van der Waals surface area (Å²) in [6.07, 6.45) is -7.09. The quantitative estimate of drug-likeness (QED) is 0.249. The van der Waals surface area contributed by atoms with E-state index in [1.54, 1.807) is 17.0 Å². The van der Waals surface area contributed by atoms with Crippen LogP contribution in [0.1, 0.15) is 48.5 Å². The van der Waals surface area contributed by atoms with E-state index >= 15 is 0 Å². The number of halogens is 6. The third-order valence-corrected chi connectivity index (χ3v) is 7.65. The maximum absolute atomic E-state index is 14.2. The van der Waals surface area contributed by atoms with E-state index in [9.17, 15) is 35.9 Å². The first-order valence-corrected chi connectivity index (χ1v) is 13.8. The van der Waals surface area contributed by atoms with Crippen molar-refractivity contribution in [2.45, 2.75) is 38.7 Å².